The fourth-order valence-corrected chi connectivity index (χ4v) is 2.46. The summed E-state index contributed by atoms with van der Waals surface area (Å²) in [5.74, 6) is -2.27. The maximum absolute atomic E-state index is 11.9. The van der Waals surface area contributed by atoms with Gasteiger partial charge in [-0.05, 0) is 6.92 Å². The monoisotopic (exact) mass is 384 g/mol. The van der Waals surface area contributed by atoms with Gasteiger partial charge >= 0.3 is 11.9 Å². The first-order chi connectivity index (χ1) is 13.0. The maximum Gasteiger partial charge on any atom is 0.334 e. The highest BCUT2D eigenvalue weighted by Crippen LogP contribution is 2.02. The predicted octanol–water partition coefficient (Wildman–Crippen LogP) is -1.26. The minimum atomic E-state index is -0.828. The first-order valence-electron chi connectivity index (χ1n) is 8.70. The zero-order valence-corrected chi connectivity index (χ0v) is 15.3. The molecule has 2 rings (SSSR count). The number of hydrogen-bond donors (Lipinski definition) is 0. The number of amides is 2. The number of carbonyl (C=O) groups is 4. The Morgan fingerprint density at radius 2 is 1.26 bits per heavy atom. The summed E-state index contributed by atoms with van der Waals surface area (Å²) in [4.78, 5) is 50.5. The minimum Gasteiger partial charge on any atom is -0.452 e. The molecular formula is C17H24N2O8. The lowest BCUT2D eigenvalue weighted by molar-refractivity contribution is -0.151. The molecule has 27 heavy (non-hydrogen) atoms. The first-order valence-corrected chi connectivity index (χ1v) is 8.70. The highest BCUT2D eigenvalue weighted by molar-refractivity contribution is 5.97. The highest BCUT2D eigenvalue weighted by atomic mass is 16.5. The average Bonchev–Trinajstić information content (AvgIpc) is 2.71. The van der Waals surface area contributed by atoms with Gasteiger partial charge in [-0.15, -0.1) is 0 Å². The Kier molecular flexibility index (Phi) is 8.21. The molecule has 2 aliphatic heterocycles. The standard InChI is InChI=1S/C17H24N2O8/c1-13(17(23)27-12-15(21)19-4-8-25-9-5-19)10-16(22)26-11-14(20)18-2-6-24-7-3-18/h10H,2-9,11-12H2,1H3/b13-10+. The van der Waals surface area contributed by atoms with Gasteiger partial charge < -0.3 is 28.7 Å². The number of morpholine rings is 2. The molecule has 0 spiro atoms. The third kappa shape index (κ3) is 6.99. The Labute approximate surface area is 156 Å². The summed E-state index contributed by atoms with van der Waals surface area (Å²) in [7, 11) is 0. The van der Waals surface area contributed by atoms with Gasteiger partial charge in [-0.3, -0.25) is 9.59 Å². The van der Waals surface area contributed by atoms with E-state index in [1.54, 1.807) is 9.80 Å². The van der Waals surface area contributed by atoms with Crippen LogP contribution >= 0.6 is 0 Å². The van der Waals surface area contributed by atoms with Crippen molar-refractivity contribution in [1.82, 2.24) is 9.80 Å². The molecule has 0 N–H and O–H groups in total. The van der Waals surface area contributed by atoms with Crippen LogP contribution in [0.2, 0.25) is 0 Å². The van der Waals surface area contributed by atoms with Crippen molar-refractivity contribution in [1.29, 1.82) is 0 Å². The summed E-state index contributed by atoms with van der Waals surface area (Å²) in [5, 5.41) is 0. The number of carbonyl (C=O) groups excluding carboxylic acids is 4. The van der Waals surface area contributed by atoms with Gasteiger partial charge in [-0.25, -0.2) is 9.59 Å². The maximum atomic E-state index is 11.9. The molecule has 2 saturated heterocycles. The Morgan fingerprint density at radius 3 is 1.74 bits per heavy atom. The summed E-state index contributed by atoms with van der Waals surface area (Å²) < 4.78 is 20.0. The van der Waals surface area contributed by atoms with Crippen LogP contribution in [0.1, 0.15) is 6.92 Å². The van der Waals surface area contributed by atoms with Gasteiger partial charge in [0.2, 0.25) is 0 Å². The molecule has 10 nitrogen and oxygen atoms in total. The van der Waals surface area contributed by atoms with Crippen molar-refractivity contribution in [3.05, 3.63) is 11.6 Å². The molecule has 0 bridgehead atoms. The lowest BCUT2D eigenvalue weighted by atomic mass is 10.3. The van der Waals surface area contributed by atoms with Crippen molar-refractivity contribution in [3.63, 3.8) is 0 Å². The van der Waals surface area contributed by atoms with Gasteiger partial charge in [0, 0.05) is 37.8 Å². The van der Waals surface area contributed by atoms with Gasteiger partial charge in [0.1, 0.15) is 0 Å². The summed E-state index contributed by atoms with van der Waals surface area (Å²) in [6.07, 6.45) is 0.939. The Hall–Kier alpha value is -2.46. The van der Waals surface area contributed by atoms with E-state index in [2.05, 4.69) is 0 Å². The molecule has 2 heterocycles. The first kappa shape index (κ1) is 20.8. The van der Waals surface area contributed by atoms with E-state index in [-0.39, 0.29) is 17.4 Å². The number of ether oxygens (including phenoxy) is 4. The van der Waals surface area contributed by atoms with Gasteiger partial charge in [0.25, 0.3) is 11.8 Å². The van der Waals surface area contributed by atoms with E-state index < -0.39 is 25.2 Å². The summed E-state index contributed by atoms with van der Waals surface area (Å²) in [5.41, 5.74) is -0.0198. The van der Waals surface area contributed by atoms with E-state index in [9.17, 15) is 19.2 Å². The second-order valence-corrected chi connectivity index (χ2v) is 6.00. The van der Waals surface area contributed by atoms with E-state index in [4.69, 9.17) is 18.9 Å². The van der Waals surface area contributed by atoms with Crippen LogP contribution in [0, 0.1) is 0 Å². The molecule has 150 valence electrons. The Morgan fingerprint density at radius 1 is 0.815 bits per heavy atom. The van der Waals surface area contributed by atoms with Crippen molar-refractivity contribution in [3.8, 4) is 0 Å². The summed E-state index contributed by atoms with van der Waals surface area (Å²) >= 11 is 0. The van der Waals surface area contributed by atoms with Crippen LogP contribution in [0.15, 0.2) is 11.6 Å². The molecular weight excluding hydrogens is 360 g/mol. The average molecular weight is 384 g/mol. The van der Waals surface area contributed by atoms with E-state index in [1.807, 2.05) is 0 Å². The van der Waals surface area contributed by atoms with Crippen LogP contribution < -0.4 is 0 Å². The normalized spacial score (nSPS) is 18.0. The van der Waals surface area contributed by atoms with Crippen LogP contribution in [-0.2, 0) is 38.1 Å². The van der Waals surface area contributed by atoms with Crippen LogP contribution in [0.4, 0.5) is 0 Å². The molecule has 0 atom stereocenters. The molecule has 0 aromatic heterocycles. The number of esters is 2. The molecule has 0 aromatic carbocycles. The fraction of sp³-hybridized carbons (Fsp3) is 0.647. The molecule has 2 aliphatic rings. The van der Waals surface area contributed by atoms with Crippen molar-refractivity contribution in [2.45, 2.75) is 6.92 Å². The molecule has 10 heteroatoms. The minimum absolute atomic E-state index is 0.0198. The molecule has 2 amide bonds. The SMILES string of the molecule is C/C(=C\C(=O)OCC(=O)N1CCOCC1)C(=O)OCC(=O)N1CCOCC1. The van der Waals surface area contributed by atoms with Crippen LogP contribution in [0.5, 0.6) is 0 Å². The molecule has 0 aromatic rings. The van der Waals surface area contributed by atoms with Gasteiger partial charge in [-0.2, -0.15) is 0 Å². The third-order valence-electron chi connectivity index (χ3n) is 4.05. The predicted molar refractivity (Wildman–Crippen MR) is 90.5 cm³/mol. The topological polar surface area (TPSA) is 112 Å². The summed E-state index contributed by atoms with van der Waals surface area (Å²) in [6, 6.07) is 0. The van der Waals surface area contributed by atoms with E-state index in [1.165, 1.54) is 6.92 Å². The fourth-order valence-electron chi connectivity index (χ4n) is 2.46. The van der Waals surface area contributed by atoms with Gasteiger partial charge in [0.15, 0.2) is 13.2 Å². The lowest BCUT2D eigenvalue weighted by Gasteiger charge is -2.26. The molecule has 0 radical (unpaired) electrons. The van der Waals surface area contributed by atoms with Crippen molar-refractivity contribution >= 4 is 23.8 Å². The van der Waals surface area contributed by atoms with Crippen LogP contribution in [0.3, 0.4) is 0 Å². The molecule has 0 aliphatic carbocycles. The number of hydrogen-bond acceptors (Lipinski definition) is 8. The number of rotatable bonds is 6. The second-order valence-electron chi connectivity index (χ2n) is 6.00. The third-order valence-corrected chi connectivity index (χ3v) is 4.05. The molecule has 2 fully saturated rings. The summed E-state index contributed by atoms with van der Waals surface area (Å²) in [6.45, 7) is 4.17. The molecule has 0 unspecified atom stereocenters. The zero-order valence-electron chi connectivity index (χ0n) is 15.3. The van der Waals surface area contributed by atoms with Crippen molar-refractivity contribution in [2.24, 2.45) is 0 Å². The largest absolute Gasteiger partial charge is 0.452 e. The van der Waals surface area contributed by atoms with E-state index >= 15 is 0 Å². The molecule has 0 saturated carbocycles. The Balaban J connectivity index is 1.70. The smallest absolute Gasteiger partial charge is 0.334 e. The van der Waals surface area contributed by atoms with E-state index in [0.29, 0.717) is 52.6 Å². The highest BCUT2D eigenvalue weighted by Gasteiger charge is 2.20. The van der Waals surface area contributed by atoms with Gasteiger partial charge in [0.05, 0.1) is 26.4 Å². The van der Waals surface area contributed by atoms with Crippen molar-refractivity contribution in [2.75, 3.05) is 65.8 Å². The zero-order chi connectivity index (χ0) is 19.6. The van der Waals surface area contributed by atoms with Crippen LogP contribution in [0.25, 0.3) is 0 Å². The van der Waals surface area contributed by atoms with E-state index in [0.717, 1.165) is 6.08 Å². The van der Waals surface area contributed by atoms with Gasteiger partial charge in [-0.1, -0.05) is 0 Å². The second kappa shape index (κ2) is 10.6. The van der Waals surface area contributed by atoms with Crippen molar-refractivity contribution < 1.29 is 38.1 Å². The lowest BCUT2D eigenvalue weighted by Crippen LogP contribution is -2.42. The quantitative estimate of drug-likeness (QED) is 0.412. The Bertz CT molecular complexity index is 592. The van der Waals surface area contributed by atoms with Crippen LogP contribution in [-0.4, -0.2) is 99.4 Å². The number of nitrogens with zero attached hydrogens (tertiary/aromatic N) is 2.